The number of hydrogen-bond acceptors (Lipinski definition) is 7. The minimum Gasteiger partial charge on any atom is -0.577 e. The van der Waals surface area contributed by atoms with Crippen molar-refractivity contribution >= 4 is 37.0 Å². The van der Waals surface area contributed by atoms with Crippen LogP contribution >= 0.6 is 0 Å². The molecule has 77 heavy (non-hydrogen) atoms. The van der Waals surface area contributed by atoms with E-state index in [1.807, 2.05) is 129 Å². The molecule has 0 N–H and O–H groups in total. The van der Waals surface area contributed by atoms with Crippen molar-refractivity contribution < 1.29 is 25.4 Å². The van der Waals surface area contributed by atoms with E-state index < -0.39 is 15.1 Å². The number of fused-ring (bicyclic) bond motifs is 5. The Morgan fingerprint density at radius 3 is 1.40 bits per heavy atom. The molecule has 0 unspecified atom stereocenters. The second-order valence-corrected chi connectivity index (χ2v) is 20.4. The summed E-state index contributed by atoms with van der Waals surface area (Å²) in [6, 6.07) is 82.5. The molecule has 9 heteroatoms. The maximum absolute atomic E-state index is 6.66. The molecule has 1 aliphatic rings. The van der Waals surface area contributed by atoms with Gasteiger partial charge in [0.15, 0.2) is 12.7 Å². The Balaban J connectivity index is 0.755. The van der Waals surface area contributed by atoms with Crippen LogP contribution in [-0.4, -0.2) is 25.1 Å². The monoisotopic (exact) mass is 1010 g/mol. The fraction of sp³-hybridized carbons (Fsp3) is 0.0441. The molecule has 0 atom stereocenters. The molecule has 368 valence electrons. The van der Waals surface area contributed by atoms with E-state index in [2.05, 4.69) is 138 Å². The number of benzene rings is 9. The summed E-state index contributed by atoms with van der Waals surface area (Å²) in [5, 5.41) is 1.94. The van der Waals surface area contributed by atoms with E-state index in [9.17, 15) is 0 Å². The van der Waals surface area contributed by atoms with Crippen molar-refractivity contribution in [1.82, 2.24) is 9.97 Å². The fourth-order valence-corrected chi connectivity index (χ4v) is 11.4. The van der Waals surface area contributed by atoms with Gasteiger partial charge in [-0.3, -0.25) is 0 Å². The summed E-state index contributed by atoms with van der Waals surface area (Å²) < 4.78 is 35.5. The zero-order valence-corrected chi connectivity index (χ0v) is 43.5. The van der Waals surface area contributed by atoms with Gasteiger partial charge in [-0.1, -0.05) is 133 Å². The lowest BCUT2D eigenvalue weighted by Crippen LogP contribution is -2.37. The quantitative estimate of drug-likeness (QED) is 0.0793. The first kappa shape index (κ1) is 47.2. The highest BCUT2D eigenvalue weighted by molar-refractivity contribution is 6.40. The number of aromatic nitrogens is 3. The topological polar surface area (TPSA) is 75.8 Å². The van der Waals surface area contributed by atoms with E-state index in [4.69, 9.17) is 30.8 Å². The van der Waals surface area contributed by atoms with Crippen LogP contribution in [-0.2, 0) is 6.54 Å². The van der Waals surface area contributed by atoms with E-state index in [0.717, 1.165) is 107 Å². The van der Waals surface area contributed by atoms with E-state index in [1.54, 1.807) is 0 Å². The lowest BCUT2D eigenvalue weighted by molar-refractivity contribution is -0.672. The molecular formula is C68H49AlN3O5+. The van der Waals surface area contributed by atoms with Gasteiger partial charge in [0.1, 0.15) is 45.5 Å². The number of rotatable bonds is 14. The number of aryl methyl sites for hydroxylation is 2. The Bertz CT molecular complexity index is 4050. The smallest absolute Gasteiger partial charge is 0.577 e. The molecule has 0 bridgehead atoms. The Hall–Kier alpha value is -9.52. The highest BCUT2D eigenvalue weighted by Gasteiger charge is 2.45. The fourth-order valence-electron chi connectivity index (χ4n) is 10.1. The van der Waals surface area contributed by atoms with Crippen LogP contribution < -0.4 is 25.4 Å². The second kappa shape index (κ2) is 20.7. The molecule has 3 aromatic heterocycles. The van der Waals surface area contributed by atoms with Crippen molar-refractivity contribution in [3.63, 3.8) is 0 Å². The van der Waals surface area contributed by atoms with Crippen LogP contribution in [0.1, 0.15) is 17.0 Å². The van der Waals surface area contributed by atoms with Crippen LogP contribution in [0, 0.1) is 13.8 Å². The Kier molecular flexibility index (Phi) is 12.7. The molecule has 4 heterocycles. The molecule has 12 aromatic rings. The molecule has 8 nitrogen and oxygen atoms in total. The number of ether oxygens (including phenoxy) is 2. The maximum Gasteiger partial charge on any atom is 1.20 e. The van der Waals surface area contributed by atoms with Crippen molar-refractivity contribution in [1.29, 1.82) is 0 Å². The third-order valence-electron chi connectivity index (χ3n) is 13.9. The van der Waals surface area contributed by atoms with E-state index >= 15 is 0 Å². The Labute approximate surface area is 452 Å². The number of pyridine rings is 3. The molecule has 0 saturated heterocycles. The van der Waals surface area contributed by atoms with Crippen molar-refractivity contribution in [2.75, 3.05) is 0 Å². The zero-order valence-electron chi connectivity index (χ0n) is 42.3. The lowest BCUT2D eigenvalue weighted by atomic mass is 9.89. The summed E-state index contributed by atoms with van der Waals surface area (Å²) in [5.41, 5.74) is 15.5. The lowest BCUT2D eigenvalue weighted by Gasteiger charge is -2.18. The first-order chi connectivity index (χ1) is 37.9. The molecule has 0 saturated carbocycles. The molecule has 1 aliphatic heterocycles. The van der Waals surface area contributed by atoms with E-state index in [-0.39, 0.29) is 0 Å². The van der Waals surface area contributed by atoms with E-state index in [0.29, 0.717) is 17.2 Å². The predicted octanol–water partition coefficient (Wildman–Crippen LogP) is 16.5. The average molecular weight is 1020 g/mol. The molecule has 0 spiro atoms. The average Bonchev–Trinajstić information content (AvgIpc) is 3.85. The van der Waals surface area contributed by atoms with Crippen LogP contribution in [0.5, 0.6) is 40.2 Å². The van der Waals surface area contributed by atoms with Crippen molar-refractivity contribution in [3.8, 4) is 96.0 Å². The molecule has 13 rings (SSSR count). The number of para-hydroxylation sites is 2. The minimum absolute atomic E-state index is 0.601. The summed E-state index contributed by atoms with van der Waals surface area (Å²) in [5.74, 6) is 4.84. The van der Waals surface area contributed by atoms with Crippen molar-refractivity contribution in [2.24, 2.45) is 0 Å². The van der Waals surface area contributed by atoms with Gasteiger partial charge in [0.2, 0.25) is 5.69 Å². The van der Waals surface area contributed by atoms with Crippen molar-refractivity contribution in [2.45, 2.75) is 20.4 Å². The highest BCUT2D eigenvalue weighted by atomic mass is 27.3. The standard InChI is InChI=1S/C48H33NO3.2C10H9NO.Al/c50-38-19-14-33(15-20-38)34-16-21-39(22-17-34)51-41-24-26-43(45(29-41)35-9-3-1-4-10-35)44-27-25-42(30-46(44)36-11-5-2-6-12-36)52-40-23-18-37-32-49-28-8-7-13-48(49)47(37)31-40;2*1-7-5-6-8-3-2-4-9(12)10(8)11-7;/h1-31H,32H2;2*2-6,12H,1H3;/q;;;+3/p-2. The maximum atomic E-state index is 6.66. The van der Waals surface area contributed by atoms with Crippen LogP contribution in [0.15, 0.2) is 249 Å². The van der Waals surface area contributed by atoms with Gasteiger partial charge in [-0.2, -0.15) is 4.57 Å². The third-order valence-corrected chi connectivity index (χ3v) is 15.3. The van der Waals surface area contributed by atoms with Crippen molar-refractivity contribution in [3.05, 3.63) is 266 Å². The van der Waals surface area contributed by atoms with Crippen LogP contribution in [0.25, 0.3) is 77.6 Å². The summed E-state index contributed by atoms with van der Waals surface area (Å²) >= 11 is -2.98. The first-order valence-corrected chi connectivity index (χ1v) is 27.1. The molecular weight excluding hydrogens is 966 g/mol. The van der Waals surface area contributed by atoms with Gasteiger partial charge in [-0.25, -0.2) is 9.97 Å². The number of hydrogen-bond donors (Lipinski definition) is 0. The van der Waals surface area contributed by atoms with Gasteiger partial charge in [-0.15, -0.1) is 0 Å². The SMILES string of the molecule is Cc1ccc2cccc([O][Al]([O]c3ccc(-c4ccc(Oc5ccc(-c6ccc(Oc7ccc8c(c7)-c7cccc[n+]7C8)cc6-c6ccccc6)c(-c6ccccc6)c5)cc4)cc3)[O]c3cccc4ccc(C)nc34)c2n1. The van der Waals surface area contributed by atoms with Gasteiger partial charge >= 0.3 is 15.1 Å². The summed E-state index contributed by atoms with van der Waals surface area (Å²) in [6.07, 6.45) is 2.13. The molecule has 0 amide bonds. The van der Waals surface area contributed by atoms with Crippen LogP contribution in [0.3, 0.4) is 0 Å². The van der Waals surface area contributed by atoms with Gasteiger partial charge in [0.05, 0.1) is 11.3 Å². The second-order valence-electron chi connectivity index (χ2n) is 19.1. The first-order valence-electron chi connectivity index (χ1n) is 25.7. The van der Waals surface area contributed by atoms with Gasteiger partial charge in [0.25, 0.3) is 0 Å². The third kappa shape index (κ3) is 9.97. The normalized spacial score (nSPS) is 11.5. The molecule has 0 radical (unpaired) electrons. The van der Waals surface area contributed by atoms with Gasteiger partial charge in [-0.05, 0) is 155 Å². The minimum atomic E-state index is -2.98. The van der Waals surface area contributed by atoms with Crippen LogP contribution in [0.4, 0.5) is 0 Å². The zero-order chi connectivity index (χ0) is 51.7. The molecule has 9 aromatic carbocycles. The highest BCUT2D eigenvalue weighted by Crippen LogP contribution is 2.43. The molecule has 0 aliphatic carbocycles. The largest absolute Gasteiger partial charge is 1.20 e. The van der Waals surface area contributed by atoms with Gasteiger partial charge in [0, 0.05) is 39.9 Å². The van der Waals surface area contributed by atoms with Crippen LogP contribution in [0.2, 0.25) is 0 Å². The summed E-state index contributed by atoms with van der Waals surface area (Å²) in [4.78, 5) is 9.61. The summed E-state index contributed by atoms with van der Waals surface area (Å²) in [7, 11) is 0. The van der Waals surface area contributed by atoms with E-state index in [1.165, 1.54) is 16.8 Å². The Morgan fingerprint density at radius 2 is 0.844 bits per heavy atom. The Morgan fingerprint density at radius 1 is 0.364 bits per heavy atom. The van der Waals surface area contributed by atoms with Gasteiger partial charge < -0.3 is 20.8 Å². The number of nitrogens with zero attached hydrogens (tertiary/aromatic N) is 3. The summed E-state index contributed by atoms with van der Waals surface area (Å²) in [6.45, 7) is 4.80. The predicted molar refractivity (Wildman–Crippen MR) is 307 cm³/mol. The molecule has 0 fully saturated rings.